The molecule has 0 radical (unpaired) electrons. The Morgan fingerprint density at radius 2 is 2.15 bits per heavy atom. The van der Waals surface area contributed by atoms with Crippen molar-refractivity contribution in [3.05, 3.63) is 29.3 Å². The van der Waals surface area contributed by atoms with E-state index in [9.17, 15) is 8.78 Å². The van der Waals surface area contributed by atoms with E-state index >= 15 is 0 Å². The highest BCUT2D eigenvalue weighted by molar-refractivity contribution is 5.39. The SMILES string of the molecule is CCOc1ccc(F)c(C#N)c1F. The molecule has 0 unspecified atom stereocenters. The van der Waals surface area contributed by atoms with Gasteiger partial charge < -0.3 is 4.74 Å². The van der Waals surface area contributed by atoms with Gasteiger partial charge in [0.25, 0.3) is 0 Å². The lowest BCUT2D eigenvalue weighted by atomic mass is 10.2. The summed E-state index contributed by atoms with van der Waals surface area (Å²) in [7, 11) is 0. The molecule has 0 aromatic heterocycles. The fourth-order valence-electron chi connectivity index (χ4n) is 0.903. The highest BCUT2D eigenvalue weighted by Crippen LogP contribution is 2.22. The van der Waals surface area contributed by atoms with Crippen LogP contribution in [0.1, 0.15) is 12.5 Å². The standard InChI is InChI=1S/C9H7F2NO/c1-2-13-8-4-3-7(10)6(5-12)9(8)11/h3-4H,2H2,1H3. The van der Waals surface area contributed by atoms with Crippen molar-refractivity contribution in [2.75, 3.05) is 6.61 Å². The molecular formula is C9H7F2NO. The van der Waals surface area contributed by atoms with Crippen LogP contribution in [0.2, 0.25) is 0 Å². The Labute approximate surface area is 74.4 Å². The molecule has 2 nitrogen and oxygen atoms in total. The first-order chi connectivity index (χ1) is 6.20. The number of benzene rings is 1. The zero-order valence-electron chi connectivity index (χ0n) is 6.97. The number of rotatable bonds is 2. The van der Waals surface area contributed by atoms with Crippen LogP contribution in [-0.4, -0.2) is 6.61 Å². The van der Waals surface area contributed by atoms with E-state index in [0.717, 1.165) is 12.1 Å². The largest absolute Gasteiger partial charge is 0.491 e. The van der Waals surface area contributed by atoms with Crippen molar-refractivity contribution < 1.29 is 13.5 Å². The number of hydrogen-bond donors (Lipinski definition) is 0. The number of ether oxygens (including phenoxy) is 1. The molecule has 0 aliphatic carbocycles. The summed E-state index contributed by atoms with van der Waals surface area (Å²) in [5.41, 5.74) is -0.606. The Bertz CT molecular complexity index is 357. The van der Waals surface area contributed by atoms with Gasteiger partial charge in [-0.15, -0.1) is 0 Å². The third kappa shape index (κ3) is 1.75. The molecule has 0 atom stereocenters. The van der Waals surface area contributed by atoms with Crippen molar-refractivity contribution in [2.24, 2.45) is 0 Å². The van der Waals surface area contributed by atoms with Crippen LogP contribution in [0.4, 0.5) is 8.78 Å². The second kappa shape index (κ2) is 3.85. The van der Waals surface area contributed by atoms with Gasteiger partial charge in [-0.3, -0.25) is 0 Å². The van der Waals surface area contributed by atoms with Crippen molar-refractivity contribution >= 4 is 0 Å². The van der Waals surface area contributed by atoms with Crippen LogP contribution in [0.25, 0.3) is 0 Å². The molecule has 0 heterocycles. The fraction of sp³-hybridized carbons (Fsp3) is 0.222. The summed E-state index contributed by atoms with van der Waals surface area (Å²) >= 11 is 0. The third-order valence-electron chi connectivity index (χ3n) is 1.47. The van der Waals surface area contributed by atoms with Crippen molar-refractivity contribution in [2.45, 2.75) is 6.92 Å². The molecule has 1 aromatic carbocycles. The average molecular weight is 183 g/mol. The van der Waals surface area contributed by atoms with Crippen LogP contribution in [0.5, 0.6) is 5.75 Å². The lowest BCUT2D eigenvalue weighted by molar-refractivity contribution is 0.320. The van der Waals surface area contributed by atoms with Crippen molar-refractivity contribution in [3.63, 3.8) is 0 Å². The molecule has 0 spiro atoms. The lowest BCUT2D eigenvalue weighted by Gasteiger charge is -2.04. The van der Waals surface area contributed by atoms with Crippen LogP contribution >= 0.6 is 0 Å². The molecule has 4 heteroatoms. The van der Waals surface area contributed by atoms with E-state index in [-0.39, 0.29) is 12.4 Å². The predicted octanol–water partition coefficient (Wildman–Crippen LogP) is 2.24. The van der Waals surface area contributed by atoms with Gasteiger partial charge in [-0.2, -0.15) is 5.26 Å². The normalized spacial score (nSPS) is 9.38. The maximum absolute atomic E-state index is 13.1. The summed E-state index contributed by atoms with van der Waals surface area (Å²) in [4.78, 5) is 0. The summed E-state index contributed by atoms with van der Waals surface area (Å²) < 4.78 is 30.7. The minimum Gasteiger partial charge on any atom is -0.491 e. The predicted molar refractivity (Wildman–Crippen MR) is 42.2 cm³/mol. The molecule has 0 amide bonds. The van der Waals surface area contributed by atoms with Crippen LogP contribution in [0.15, 0.2) is 12.1 Å². The molecule has 0 bridgehead atoms. The van der Waals surface area contributed by atoms with Gasteiger partial charge in [0.1, 0.15) is 17.4 Å². The van der Waals surface area contributed by atoms with E-state index in [2.05, 4.69) is 0 Å². The summed E-state index contributed by atoms with van der Waals surface area (Å²) in [5.74, 6) is -1.91. The molecule has 0 saturated carbocycles. The van der Waals surface area contributed by atoms with Gasteiger partial charge in [-0.05, 0) is 19.1 Å². The van der Waals surface area contributed by atoms with Crippen LogP contribution < -0.4 is 4.74 Å². The molecular weight excluding hydrogens is 176 g/mol. The topological polar surface area (TPSA) is 33.0 Å². The number of halogens is 2. The minimum absolute atomic E-state index is 0.0968. The summed E-state index contributed by atoms with van der Waals surface area (Å²) in [6.07, 6.45) is 0. The Balaban J connectivity index is 3.21. The minimum atomic E-state index is -0.940. The van der Waals surface area contributed by atoms with Gasteiger partial charge >= 0.3 is 0 Å². The van der Waals surface area contributed by atoms with Gasteiger partial charge in [-0.1, -0.05) is 0 Å². The fourth-order valence-corrected chi connectivity index (χ4v) is 0.903. The third-order valence-corrected chi connectivity index (χ3v) is 1.47. The Kier molecular flexibility index (Phi) is 2.80. The van der Waals surface area contributed by atoms with Gasteiger partial charge in [-0.25, -0.2) is 8.78 Å². The summed E-state index contributed by atoms with van der Waals surface area (Å²) in [6.45, 7) is 1.95. The van der Waals surface area contributed by atoms with E-state index < -0.39 is 17.2 Å². The molecule has 0 aliphatic heterocycles. The first-order valence-corrected chi connectivity index (χ1v) is 3.71. The van der Waals surface area contributed by atoms with E-state index in [1.165, 1.54) is 6.07 Å². The highest BCUT2D eigenvalue weighted by atomic mass is 19.1. The number of nitrogens with zero attached hydrogens (tertiary/aromatic N) is 1. The maximum atomic E-state index is 13.1. The second-order valence-electron chi connectivity index (χ2n) is 2.28. The highest BCUT2D eigenvalue weighted by Gasteiger charge is 2.13. The number of nitriles is 1. The van der Waals surface area contributed by atoms with Crippen LogP contribution in [0, 0.1) is 23.0 Å². The Morgan fingerprint density at radius 1 is 1.46 bits per heavy atom. The molecule has 0 fully saturated rings. The zero-order valence-corrected chi connectivity index (χ0v) is 6.97. The monoisotopic (exact) mass is 183 g/mol. The molecule has 0 N–H and O–H groups in total. The Hall–Kier alpha value is -1.63. The summed E-state index contributed by atoms with van der Waals surface area (Å²) in [6, 6.07) is 3.60. The molecule has 0 saturated heterocycles. The maximum Gasteiger partial charge on any atom is 0.185 e. The van der Waals surface area contributed by atoms with E-state index in [1.54, 1.807) is 6.92 Å². The molecule has 0 aliphatic rings. The molecule has 1 aromatic rings. The van der Waals surface area contributed by atoms with Gasteiger partial charge in [0.15, 0.2) is 11.6 Å². The molecule has 13 heavy (non-hydrogen) atoms. The quantitative estimate of drug-likeness (QED) is 0.704. The van der Waals surface area contributed by atoms with E-state index in [0.29, 0.717) is 0 Å². The van der Waals surface area contributed by atoms with Crippen molar-refractivity contribution in [3.8, 4) is 11.8 Å². The van der Waals surface area contributed by atoms with Crippen LogP contribution in [0.3, 0.4) is 0 Å². The van der Waals surface area contributed by atoms with E-state index in [1.807, 2.05) is 0 Å². The van der Waals surface area contributed by atoms with Gasteiger partial charge in [0, 0.05) is 0 Å². The van der Waals surface area contributed by atoms with Crippen molar-refractivity contribution in [1.29, 1.82) is 5.26 Å². The number of hydrogen-bond acceptors (Lipinski definition) is 2. The van der Waals surface area contributed by atoms with Gasteiger partial charge in [0.05, 0.1) is 6.61 Å². The second-order valence-corrected chi connectivity index (χ2v) is 2.28. The first-order valence-electron chi connectivity index (χ1n) is 3.71. The lowest BCUT2D eigenvalue weighted by Crippen LogP contribution is -1.98. The van der Waals surface area contributed by atoms with Crippen LogP contribution in [-0.2, 0) is 0 Å². The summed E-state index contributed by atoms with van der Waals surface area (Å²) in [5, 5.41) is 8.41. The van der Waals surface area contributed by atoms with E-state index in [4.69, 9.17) is 10.00 Å². The smallest absolute Gasteiger partial charge is 0.185 e. The average Bonchev–Trinajstić information content (AvgIpc) is 2.11. The van der Waals surface area contributed by atoms with Crippen molar-refractivity contribution in [1.82, 2.24) is 0 Å². The Morgan fingerprint density at radius 3 is 2.69 bits per heavy atom. The molecule has 1 rings (SSSR count). The van der Waals surface area contributed by atoms with Gasteiger partial charge in [0.2, 0.25) is 0 Å². The first kappa shape index (κ1) is 9.46. The molecule has 68 valence electrons. The zero-order chi connectivity index (χ0) is 9.84.